The second-order valence-corrected chi connectivity index (χ2v) is 4.80. The van der Waals surface area contributed by atoms with Crippen molar-refractivity contribution in [3.8, 4) is 0 Å². The molecule has 0 saturated heterocycles. The van der Waals surface area contributed by atoms with E-state index < -0.39 is 0 Å². The van der Waals surface area contributed by atoms with E-state index in [2.05, 4.69) is 21.2 Å². The van der Waals surface area contributed by atoms with E-state index in [1.54, 1.807) is 6.07 Å². The lowest BCUT2D eigenvalue weighted by Gasteiger charge is -2.05. The second kappa shape index (κ2) is 3.94. The molecule has 1 saturated carbocycles. The van der Waals surface area contributed by atoms with E-state index in [1.165, 1.54) is 0 Å². The summed E-state index contributed by atoms with van der Waals surface area (Å²) in [5.74, 6) is -0.0384. The van der Waals surface area contributed by atoms with Gasteiger partial charge in [0.15, 0.2) is 0 Å². The zero-order valence-corrected chi connectivity index (χ0v) is 10.0. The molecule has 3 N–H and O–H groups in total. The van der Waals surface area contributed by atoms with Gasteiger partial charge in [-0.15, -0.1) is 0 Å². The first-order valence-corrected chi connectivity index (χ1v) is 5.70. The van der Waals surface area contributed by atoms with Crippen LogP contribution in [-0.2, 0) is 0 Å². The molecule has 1 amide bonds. The van der Waals surface area contributed by atoms with Gasteiger partial charge in [-0.05, 0) is 37.1 Å². The van der Waals surface area contributed by atoms with Gasteiger partial charge in [0.2, 0.25) is 0 Å². The Hall–Kier alpha value is -0.870. The van der Waals surface area contributed by atoms with E-state index in [4.69, 9.17) is 5.73 Å². The van der Waals surface area contributed by atoms with Gasteiger partial charge in [0.1, 0.15) is 0 Å². The SMILES string of the molecule is Cc1cc(C(=O)NC2CC2N)ccc1Br. The molecule has 1 aromatic carbocycles. The molecule has 0 spiro atoms. The zero-order chi connectivity index (χ0) is 11.0. The third-order valence-corrected chi connectivity index (χ3v) is 3.47. The fraction of sp³-hybridized carbons (Fsp3) is 0.364. The van der Waals surface area contributed by atoms with Crippen molar-refractivity contribution in [2.24, 2.45) is 5.73 Å². The Balaban J connectivity index is 2.08. The number of nitrogens with two attached hydrogens (primary N) is 1. The summed E-state index contributed by atoms with van der Waals surface area (Å²) in [5, 5.41) is 2.89. The van der Waals surface area contributed by atoms with Crippen molar-refractivity contribution in [1.29, 1.82) is 0 Å². The van der Waals surface area contributed by atoms with Crippen LogP contribution in [0.25, 0.3) is 0 Å². The predicted molar refractivity (Wildman–Crippen MR) is 62.7 cm³/mol. The van der Waals surface area contributed by atoms with Crippen LogP contribution in [0.4, 0.5) is 0 Å². The molecule has 1 aliphatic rings. The molecule has 1 aliphatic carbocycles. The van der Waals surface area contributed by atoms with Crippen molar-refractivity contribution < 1.29 is 4.79 Å². The highest BCUT2D eigenvalue weighted by molar-refractivity contribution is 9.10. The second-order valence-electron chi connectivity index (χ2n) is 3.94. The minimum absolute atomic E-state index is 0.0384. The number of hydrogen-bond acceptors (Lipinski definition) is 2. The first kappa shape index (κ1) is 10.6. The summed E-state index contributed by atoms with van der Waals surface area (Å²) in [5.41, 5.74) is 7.37. The molecule has 4 heteroatoms. The third-order valence-electron chi connectivity index (χ3n) is 2.58. The van der Waals surface area contributed by atoms with E-state index in [9.17, 15) is 4.79 Å². The molecule has 1 fully saturated rings. The van der Waals surface area contributed by atoms with Crippen LogP contribution < -0.4 is 11.1 Å². The summed E-state index contributed by atoms with van der Waals surface area (Å²) >= 11 is 3.40. The lowest BCUT2D eigenvalue weighted by Crippen LogP contribution is -2.29. The Bertz CT molecular complexity index is 406. The van der Waals surface area contributed by atoms with Gasteiger partial charge in [-0.3, -0.25) is 4.79 Å². The highest BCUT2D eigenvalue weighted by Gasteiger charge is 2.34. The molecule has 3 nitrogen and oxygen atoms in total. The standard InChI is InChI=1S/C11H13BrN2O/c1-6-4-7(2-3-8(6)12)11(15)14-10-5-9(10)13/h2-4,9-10H,5,13H2,1H3,(H,14,15). The maximum absolute atomic E-state index is 11.7. The summed E-state index contributed by atoms with van der Waals surface area (Å²) in [6.45, 7) is 1.96. The maximum Gasteiger partial charge on any atom is 0.251 e. The monoisotopic (exact) mass is 268 g/mol. The maximum atomic E-state index is 11.7. The molecule has 80 valence electrons. The first-order valence-electron chi connectivity index (χ1n) is 4.90. The van der Waals surface area contributed by atoms with Gasteiger partial charge in [-0.25, -0.2) is 0 Å². The Morgan fingerprint density at radius 3 is 2.80 bits per heavy atom. The number of carbonyl (C=O) groups is 1. The predicted octanol–water partition coefficient (Wildman–Crippen LogP) is 1.59. The van der Waals surface area contributed by atoms with Crippen LogP contribution in [0.5, 0.6) is 0 Å². The molecule has 2 atom stereocenters. The van der Waals surface area contributed by atoms with E-state index in [1.807, 2.05) is 19.1 Å². The smallest absolute Gasteiger partial charge is 0.251 e. The Labute approximate surface area is 97.2 Å². The normalized spacial score (nSPS) is 23.7. The fourth-order valence-electron chi connectivity index (χ4n) is 1.42. The zero-order valence-electron chi connectivity index (χ0n) is 8.46. The van der Waals surface area contributed by atoms with Crippen LogP contribution >= 0.6 is 15.9 Å². The van der Waals surface area contributed by atoms with Crippen LogP contribution in [0.1, 0.15) is 22.3 Å². The van der Waals surface area contributed by atoms with Gasteiger partial charge in [0.25, 0.3) is 5.91 Å². The molecule has 15 heavy (non-hydrogen) atoms. The average Bonchev–Trinajstić information content (AvgIpc) is 2.86. The van der Waals surface area contributed by atoms with Gasteiger partial charge in [0, 0.05) is 22.1 Å². The molecule has 0 aromatic heterocycles. The Kier molecular flexibility index (Phi) is 2.80. The summed E-state index contributed by atoms with van der Waals surface area (Å²) in [6.07, 6.45) is 0.890. The molecule has 0 heterocycles. The largest absolute Gasteiger partial charge is 0.348 e. The molecule has 0 aliphatic heterocycles. The Morgan fingerprint density at radius 1 is 1.60 bits per heavy atom. The van der Waals surface area contributed by atoms with Gasteiger partial charge in [0.05, 0.1) is 0 Å². The fourth-order valence-corrected chi connectivity index (χ4v) is 1.66. The number of hydrogen-bond donors (Lipinski definition) is 2. The third kappa shape index (κ3) is 2.38. The topological polar surface area (TPSA) is 55.1 Å². The number of nitrogens with one attached hydrogen (secondary N) is 1. The number of amides is 1. The van der Waals surface area contributed by atoms with Crippen molar-refractivity contribution in [2.45, 2.75) is 25.4 Å². The minimum Gasteiger partial charge on any atom is -0.348 e. The molecule has 0 radical (unpaired) electrons. The molecule has 0 bridgehead atoms. The van der Waals surface area contributed by atoms with Crippen molar-refractivity contribution in [3.63, 3.8) is 0 Å². The summed E-state index contributed by atoms with van der Waals surface area (Å²) in [7, 11) is 0. The highest BCUT2D eigenvalue weighted by Crippen LogP contribution is 2.20. The highest BCUT2D eigenvalue weighted by atomic mass is 79.9. The summed E-state index contributed by atoms with van der Waals surface area (Å²) < 4.78 is 1.02. The van der Waals surface area contributed by atoms with E-state index in [0.29, 0.717) is 5.56 Å². The number of carbonyl (C=O) groups excluding carboxylic acids is 1. The van der Waals surface area contributed by atoms with Crippen LogP contribution in [0.3, 0.4) is 0 Å². The number of rotatable bonds is 2. The molecular weight excluding hydrogens is 256 g/mol. The molecule has 1 aromatic rings. The average molecular weight is 269 g/mol. The van der Waals surface area contributed by atoms with E-state index in [-0.39, 0.29) is 18.0 Å². The van der Waals surface area contributed by atoms with Gasteiger partial charge in [-0.1, -0.05) is 15.9 Å². The minimum atomic E-state index is -0.0384. The molecule has 2 rings (SSSR count). The first-order chi connectivity index (χ1) is 7.08. The number of benzene rings is 1. The van der Waals surface area contributed by atoms with Gasteiger partial charge < -0.3 is 11.1 Å². The lowest BCUT2D eigenvalue weighted by atomic mass is 10.1. The van der Waals surface area contributed by atoms with Crippen molar-refractivity contribution in [2.75, 3.05) is 0 Å². The van der Waals surface area contributed by atoms with Crippen LogP contribution in [0, 0.1) is 6.92 Å². The quantitative estimate of drug-likeness (QED) is 0.856. The van der Waals surface area contributed by atoms with Gasteiger partial charge in [-0.2, -0.15) is 0 Å². The number of halogens is 1. The van der Waals surface area contributed by atoms with Crippen molar-refractivity contribution in [3.05, 3.63) is 33.8 Å². The van der Waals surface area contributed by atoms with Crippen LogP contribution in [0.2, 0.25) is 0 Å². The number of aryl methyl sites for hydroxylation is 1. The van der Waals surface area contributed by atoms with E-state index in [0.717, 1.165) is 16.5 Å². The van der Waals surface area contributed by atoms with Crippen molar-refractivity contribution in [1.82, 2.24) is 5.32 Å². The summed E-state index contributed by atoms with van der Waals surface area (Å²) in [6, 6.07) is 5.87. The van der Waals surface area contributed by atoms with Crippen LogP contribution in [0.15, 0.2) is 22.7 Å². The summed E-state index contributed by atoms with van der Waals surface area (Å²) in [4.78, 5) is 11.7. The lowest BCUT2D eigenvalue weighted by molar-refractivity contribution is 0.0950. The van der Waals surface area contributed by atoms with E-state index >= 15 is 0 Å². The van der Waals surface area contributed by atoms with Crippen LogP contribution in [-0.4, -0.2) is 18.0 Å². The van der Waals surface area contributed by atoms with Gasteiger partial charge >= 0.3 is 0 Å². The Morgan fingerprint density at radius 2 is 2.27 bits per heavy atom. The molecule has 2 unspecified atom stereocenters. The van der Waals surface area contributed by atoms with Crippen molar-refractivity contribution >= 4 is 21.8 Å². The molecular formula is C11H13BrN2O.